The number of aliphatic carboxylic acids is 1. The highest BCUT2D eigenvalue weighted by Crippen LogP contribution is 2.38. The highest BCUT2D eigenvalue weighted by molar-refractivity contribution is 5.95. The minimum Gasteiger partial charge on any atom is -0.481 e. The summed E-state index contributed by atoms with van der Waals surface area (Å²) in [4.78, 5) is 23.4. The van der Waals surface area contributed by atoms with Crippen molar-refractivity contribution in [1.82, 2.24) is 0 Å². The van der Waals surface area contributed by atoms with Gasteiger partial charge in [-0.15, -0.1) is 0 Å². The lowest BCUT2D eigenvalue weighted by atomic mass is 9.82. The normalized spacial score (nSPS) is 20.7. The lowest BCUT2D eigenvalue weighted by molar-refractivity contribution is -0.146. The zero-order chi connectivity index (χ0) is 19.7. The number of hydrogen-bond acceptors (Lipinski definition) is 2. The average molecular weight is 381 g/mol. The predicted molar refractivity (Wildman–Crippen MR) is 78.1 cm³/mol. The van der Waals surface area contributed by atoms with Crippen LogP contribution in [0.15, 0.2) is 30.4 Å². The van der Waals surface area contributed by atoms with Crippen LogP contribution in [0.5, 0.6) is 0 Å². The number of halogens is 6. The molecule has 0 saturated heterocycles. The Balaban J connectivity index is 2.34. The van der Waals surface area contributed by atoms with Crippen molar-refractivity contribution in [1.29, 1.82) is 0 Å². The Bertz CT molecular complexity index is 706. The first-order valence-electron chi connectivity index (χ1n) is 7.37. The van der Waals surface area contributed by atoms with Crippen molar-refractivity contribution < 1.29 is 41.0 Å². The average Bonchev–Trinajstić information content (AvgIpc) is 2.52. The van der Waals surface area contributed by atoms with E-state index in [4.69, 9.17) is 5.11 Å². The van der Waals surface area contributed by atoms with Crippen LogP contribution < -0.4 is 5.32 Å². The van der Waals surface area contributed by atoms with Gasteiger partial charge in [0.2, 0.25) is 5.91 Å². The number of allylic oxidation sites excluding steroid dienone is 2. The molecular weight excluding hydrogens is 368 g/mol. The van der Waals surface area contributed by atoms with E-state index >= 15 is 0 Å². The van der Waals surface area contributed by atoms with Gasteiger partial charge in [-0.25, -0.2) is 0 Å². The third kappa shape index (κ3) is 4.55. The van der Waals surface area contributed by atoms with E-state index in [1.165, 1.54) is 6.08 Å². The van der Waals surface area contributed by atoms with E-state index in [-0.39, 0.29) is 18.9 Å². The van der Waals surface area contributed by atoms with Crippen LogP contribution >= 0.6 is 0 Å². The van der Waals surface area contributed by atoms with E-state index in [1.54, 1.807) is 6.08 Å². The molecule has 10 heteroatoms. The zero-order valence-corrected chi connectivity index (χ0v) is 13.0. The smallest absolute Gasteiger partial charge is 0.416 e. The van der Waals surface area contributed by atoms with Crippen molar-refractivity contribution >= 4 is 17.6 Å². The SMILES string of the molecule is O=C(O)[C@H]1CC=CC[C@H]1C(=O)Nc1cc(C(F)(F)F)cc(C(F)(F)F)c1. The maximum absolute atomic E-state index is 12.8. The monoisotopic (exact) mass is 381 g/mol. The molecule has 2 atom stereocenters. The van der Waals surface area contributed by atoms with Gasteiger partial charge in [0.25, 0.3) is 0 Å². The Morgan fingerprint density at radius 2 is 1.35 bits per heavy atom. The molecule has 0 aliphatic heterocycles. The predicted octanol–water partition coefficient (Wildman–Crippen LogP) is 4.33. The highest BCUT2D eigenvalue weighted by atomic mass is 19.4. The van der Waals surface area contributed by atoms with Crippen LogP contribution in [0.25, 0.3) is 0 Å². The topological polar surface area (TPSA) is 66.4 Å². The molecule has 1 aliphatic rings. The van der Waals surface area contributed by atoms with Gasteiger partial charge in [-0.05, 0) is 31.0 Å². The molecule has 0 aromatic heterocycles. The van der Waals surface area contributed by atoms with E-state index in [1.807, 2.05) is 5.32 Å². The maximum Gasteiger partial charge on any atom is 0.416 e. The summed E-state index contributed by atoms with van der Waals surface area (Å²) in [6.45, 7) is 0. The summed E-state index contributed by atoms with van der Waals surface area (Å²) in [7, 11) is 0. The van der Waals surface area contributed by atoms with E-state index in [0.29, 0.717) is 12.1 Å². The quantitative estimate of drug-likeness (QED) is 0.605. The molecule has 26 heavy (non-hydrogen) atoms. The molecular formula is C16H13F6NO3. The largest absolute Gasteiger partial charge is 0.481 e. The maximum atomic E-state index is 12.8. The first-order chi connectivity index (χ1) is 11.9. The Morgan fingerprint density at radius 3 is 1.77 bits per heavy atom. The summed E-state index contributed by atoms with van der Waals surface area (Å²) in [5, 5.41) is 11.1. The molecule has 0 bridgehead atoms. The summed E-state index contributed by atoms with van der Waals surface area (Å²) in [5.74, 6) is -4.42. The van der Waals surface area contributed by atoms with E-state index in [0.717, 1.165) is 0 Å². The molecule has 0 heterocycles. The van der Waals surface area contributed by atoms with Crippen LogP contribution in [0.1, 0.15) is 24.0 Å². The molecule has 1 amide bonds. The highest BCUT2D eigenvalue weighted by Gasteiger charge is 2.38. The van der Waals surface area contributed by atoms with Crippen LogP contribution in [0.4, 0.5) is 32.0 Å². The third-order valence-corrected chi connectivity index (χ3v) is 3.94. The van der Waals surface area contributed by atoms with Gasteiger partial charge < -0.3 is 10.4 Å². The second kappa shape index (κ2) is 7.00. The second-order valence-corrected chi connectivity index (χ2v) is 5.78. The van der Waals surface area contributed by atoms with Crippen molar-refractivity contribution in [2.24, 2.45) is 11.8 Å². The van der Waals surface area contributed by atoms with Crippen molar-refractivity contribution in [3.05, 3.63) is 41.5 Å². The summed E-state index contributed by atoms with van der Waals surface area (Å²) >= 11 is 0. The fourth-order valence-electron chi connectivity index (χ4n) is 2.64. The van der Waals surface area contributed by atoms with Crippen LogP contribution in [0, 0.1) is 11.8 Å². The molecule has 0 fully saturated rings. The number of carboxylic acids is 1. The molecule has 0 saturated carbocycles. The number of carbonyl (C=O) groups is 2. The van der Waals surface area contributed by atoms with Gasteiger partial charge in [0, 0.05) is 5.69 Å². The summed E-state index contributed by atoms with van der Waals surface area (Å²) in [5.41, 5.74) is -3.84. The minimum atomic E-state index is -5.04. The van der Waals surface area contributed by atoms with Gasteiger partial charge in [-0.3, -0.25) is 9.59 Å². The number of carboxylic acid groups (broad SMARTS) is 1. The molecule has 1 aliphatic carbocycles. The Kier molecular flexibility index (Phi) is 5.33. The number of benzene rings is 1. The van der Waals surface area contributed by atoms with Gasteiger partial charge in [0.15, 0.2) is 0 Å². The number of anilines is 1. The molecule has 0 unspecified atom stereocenters. The van der Waals surface area contributed by atoms with Gasteiger partial charge in [-0.1, -0.05) is 12.2 Å². The number of rotatable bonds is 3. The third-order valence-electron chi connectivity index (χ3n) is 3.94. The number of hydrogen-bond donors (Lipinski definition) is 2. The zero-order valence-electron chi connectivity index (χ0n) is 13.0. The van der Waals surface area contributed by atoms with Crippen molar-refractivity contribution in [3.63, 3.8) is 0 Å². The number of carbonyl (C=O) groups excluding carboxylic acids is 1. The lowest BCUT2D eigenvalue weighted by Gasteiger charge is -2.24. The van der Waals surface area contributed by atoms with Gasteiger partial charge in [-0.2, -0.15) is 26.3 Å². The van der Waals surface area contributed by atoms with Crippen molar-refractivity contribution in [2.45, 2.75) is 25.2 Å². The van der Waals surface area contributed by atoms with Crippen molar-refractivity contribution in [3.8, 4) is 0 Å². The van der Waals surface area contributed by atoms with E-state index in [9.17, 15) is 35.9 Å². The molecule has 1 aromatic rings. The fourth-order valence-corrected chi connectivity index (χ4v) is 2.64. The molecule has 2 rings (SSSR count). The molecule has 0 spiro atoms. The first kappa shape index (κ1) is 19.8. The molecule has 4 nitrogen and oxygen atoms in total. The van der Waals surface area contributed by atoms with Gasteiger partial charge >= 0.3 is 18.3 Å². The van der Waals surface area contributed by atoms with Crippen LogP contribution in [-0.2, 0) is 21.9 Å². The van der Waals surface area contributed by atoms with Crippen LogP contribution in [0.3, 0.4) is 0 Å². The van der Waals surface area contributed by atoms with E-state index < -0.39 is 52.9 Å². The van der Waals surface area contributed by atoms with Crippen LogP contribution in [0.2, 0.25) is 0 Å². The number of alkyl halides is 6. The molecule has 2 N–H and O–H groups in total. The standard InChI is InChI=1S/C16H13F6NO3/c17-15(18,19)8-5-9(16(20,21)22)7-10(6-8)23-13(24)11-3-1-2-4-12(11)14(25)26/h1-2,5-7,11-12H,3-4H2,(H,23,24)(H,25,26)/t11-,12+/m1/s1. The number of amides is 1. The molecule has 142 valence electrons. The van der Waals surface area contributed by atoms with E-state index in [2.05, 4.69) is 0 Å². The number of nitrogens with one attached hydrogen (secondary N) is 1. The van der Waals surface area contributed by atoms with Crippen LogP contribution in [-0.4, -0.2) is 17.0 Å². The Morgan fingerprint density at radius 1 is 0.885 bits per heavy atom. The first-order valence-corrected chi connectivity index (χ1v) is 7.37. The van der Waals surface area contributed by atoms with Gasteiger partial charge in [0.05, 0.1) is 23.0 Å². The minimum absolute atomic E-state index is 0.0217. The fraction of sp³-hybridized carbons (Fsp3) is 0.375. The molecule has 1 aromatic carbocycles. The lowest BCUT2D eigenvalue weighted by Crippen LogP contribution is -2.34. The summed E-state index contributed by atoms with van der Waals surface area (Å²) in [6, 6.07) is 0.697. The second-order valence-electron chi connectivity index (χ2n) is 5.78. The van der Waals surface area contributed by atoms with Crippen molar-refractivity contribution in [2.75, 3.05) is 5.32 Å². The summed E-state index contributed by atoms with van der Waals surface area (Å²) in [6.07, 6.45) is -6.93. The Hall–Kier alpha value is -2.52. The molecule has 0 radical (unpaired) electrons. The van der Waals surface area contributed by atoms with Gasteiger partial charge in [0.1, 0.15) is 0 Å². The Labute approximate surface area is 143 Å². The summed E-state index contributed by atoms with van der Waals surface area (Å²) < 4.78 is 77.0.